The molecule has 2 nitrogen and oxygen atoms in total. The zero-order valence-electron chi connectivity index (χ0n) is 8.87. The fourth-order valence-corrected chi connectivity index (χ4v) is 2.05. The van der Waals surface area contributed by atoms with E-state index in [9.17, 15) is 5.11 Å². The fourth-order valence-electron chi connectivity index (χ4n) is 1.29. The van der Waals surface area contributed by atoms with Crippen molar-refractivity contribution in [3.63, 3.8) is 0 Å². The molecule has 0 bridgehead atoms. The number of aliphatic hydroxyl groups excluding tert-OH is 1. The molecule has 0 aliphatic heterocycles. The molecule has 1 N–H and O–H groups in total. The van der Waals surface area contributed by atoms with Crippen LogP contribution in [0.5, 0.6) is 5.75 Å². The van der Waals surface area contributed by atoms with Crippen LogP contribution in [-0.4, -0.2) is 24.2 Å². The van der Waals surface area contributed by atoms with Gasteiger partial charge in [-0.2, -0.15) is 11.8 Å². The maximum absolute atomic E-state index is 9.86. The lowest BCUT2D eigenvalue weighted by Crippen LogP contribution is -2.00. The zero-order chi connectivity index (χ0) is 11.3. The van der Waals surface area contributed by atoms with Crippen LogP contribution >= 0.6 is 23.4 Å². The molecule has 0 fully saturated rings. The lowest BCUT2D eigenvalue weighted by atomic mass is 10.1. The molecular weight excluding hydrogens is 232 g/mol. The van der Waals surface area contributed by atoms with Crippen LogP contribution in [0, 0.1) is 0 Å². The van der Waals surface area contributed by atoms with E-state index < -0.39 is 6.10 Å². The summed E-state index contributed by atoms with van der Waals surface area (Å²) in [4.78, 5) is 0. The van der Waals surface area contributed by atoms with Crippen molar-refractivity contribution < 1.29 is 9.84 Å². The highest BCUT2D eigenvalue weighted by Gasteiger charge is 2.11. The number of aliphatic hydroxyl groups is 1. The first kappa shape index (κ1) is 12.7. The summed E-state index contributed by atoms with van der Waals surface area (Å²) in [6.45, 7) is 0. The van der Waals surface area contributed by atoms with E-state index in [1.54, 1.807) is 24.9 Å². The van der Waals surface area contributed by atoms with Crippen LogP contribution in [-0.2, 0) is 0 Å². The van der Waals surface area contributed by atoms with E-state index in [1.807, 2.05) is 18.4 Å². The van der Waals surface area contributed by atoms with E-state index in [0.29, 0.717) is 17.2 Å². The summed E-state index contributed by atoms with van der Waals surface area (Å²) in [5, 5.41) is 10.4. The minimum Gasteiger partial charge on any atom is -0.497 e. The van der Waals surface area contributed by atoms with Gasteiger partial charge in [-0.15, -0.1) is 0 Å². The molecule has 1 aromatic carbocycles. The molecule has 0 aliphatic rings. The van der Waals surface area contributed by atoms with Crippen molar-refractivity contribution in [1.29, 1.82) is 0 Å². The average Bonchev–Trinajstić information content (AvgIpc) is 2.25. The minimum atomic E-state index is -0.490. The van der Waals surface area contributed by atoms with Crippen molar-refractivity contribution >= 4 is 23.4 Å². The first-order valence-electron chi connectivity index (χ1n) is 4.69. The lowest BCUT2D eigenvalue weighted by molar-refractivity contribution is 0.175. The molecule has 1 rings (SSSR count). The molecule has 0 radical (unpaired) electrons. The topological polar surface area (TPSA) is 29.5 Å². The Morgan fingerprint density at radius 2 is 2.27 bits per heavy atom. The largest absolute Gasteiger partial charge is 0.497 e. The normalized spacial score (nSPS) is 12.5. The number of hydrogen-bond acceptors (Lipinski definition) is 3. The van der Waals surface area contributed by atoms with Crippen LogP contribution < -0.4 is 4.74 Å². The molecule has 1 atom stereocenters. The van der Waals surface area contributed by atoms with Crippen LogP contribution in [0.3, 0.4) is 0 Å². The summed E-state index contributed by atoms with van der Waals surface area (Å²) in [6.07, 6.45) is 2.24. The number of hydrogen-bond donors (Lipinski definition) is 1. The van der Waals surface area contributed by atoms with Crippen molar-refractivity contribution in [2.45, 2.75) is 12.5 Å². The highest BCUT2D eigenvalue weighted by atomic mass is 35.5. The van der Waals surface area contributed by atoms with Gasteiger partial charge in [-0.1, -0.05) is 17.7 Å². The summed E-state index contributed by atoms with van der Waals surface area (Å²) in [6, 6.07) is 5.34. The van der Waals surface area contributed by atoms with E-state index in [4.69, 9.17) is 16.3 Å². The predicted molar refractivity (Wildman–Crippen MR) is 66.0 cm³/mol. The minimum absolute atomic E-state index is 0.490. The van der Waals surface area contributed by atoms with Gasteiger partial charge in [-0.25, -0.2) is 0 Å². The molecule has 0 saturated heterocycles. The molecule has 0 aromatic heterocycles. The van der Waals surface area contributed by atoms with Crippen LogP contribution in [0.15, 0.2) is 18.2 Å². The Labute approximate surface area is 99.6 Å². The second-order valence-corrected chi connectivity index (χ2v) is 4.58. The number of rotatable bonds is 5. The fraction of sp³-hybridized carbons (Fsp3) is 0.455. The first-order chi connectivity index (χ1) is 7.19. The van der Waals surface area contributed by atoms with Crippen LogP contribution in [0.25, 0.3) is 0 Å². The van der Waals surface area contributed by atoms with Gasteiger partial charge < -0.3 is 9.84 Å². The Morgan fingerprint density at radius 1 is 1.53 bits per heavy atom. The van der Waals surface area contributed by atoms with E-state index in [2.05, 4.69) is 0 Å². The van der Waals surface area contributed by atoms with Crippen LogP contribution in [0.2, 0.25) is 5.02 Å². The third-order valence-corrected chi connectivity index (χ3v) is 3.13. The molecule has 0 saturated carbocycles. The number of methoxy groups -OCH3 is 1. The quantitative estimate of drug-likeness (QED) is 0.866. The van der Waals surface area contributed by atoms with Gasteiger partial charge in [0.1, 0.15) is 5.75 Å². The van der Waals surface area contributed by atoms with E-state index in [1.165, 1.54) is 0 Å². The third kappa shape index (κ3) is 3.59. The van der Waals surface area contributed by atoms with E-state index in [-0.39, 0.29) is 0 Å². The van der Waals surface area contributed by atoms with Gasteiger partial charge in [-0.3, -0.25) is 0 Å². The van der Waals surface area contributed by atoms with Crippen molar-refractivity contribution in [3.05, 3.63) is 28.8 Å². The zero-order valence-corrected chi connectivity index (χ0v) is 10.4. The van der Waals surface area contributed by atoms with Crippen LogP contribution in [0.4, 0.5) is 0 Å². The molecule has 0 amide bonds. The summed E-state index contributed by atoms with van der Waals surface area (Å²) < 4.78 is 5.04. The molecule has 84 valence electrons. The standard InChI is InChI=1S/C11H15ClO2S/c1-14-8-3-4-9(10(12)7-8)11(13)5-6-15-2/h3-4,7,11,13H,5-6H2,1-2H3. The summed E-state index contributed by atoms with van der Waals surface area (Å²) in [5.41, 5.74) is 0.770. The Morgan fingerprint density at radius 3 is 2.80 bits per heavy atom. The summed E-state index contributed by atoms with van der Waals surface area (Å²) >= 11 is 7.75. The smallest absolute Gasteiger partial charge is 0.120 e. The molecule has 1 aromatic rings. The lowest BCUT2D eigenvalue weighted by Gasteiger charge is -2.12. The molecular formula is C11H15ClO2S. The average molecular weight is 247 g/mol. The van der Waals surface area contributed by atoms with Gasteiger partial charge in [0.15, 0.2) is 0 Å². The number of thioether (sulfide) groups is 1. The van der Waals surface area contributed by atoms with Crippen molar-refractivity contribution in [3.8, 4) is 5.75 Å². The van der Waals surface area contributed by atoms with Crippen molar-refractivity contribution in [2.75, 3.05) is 19.1 Å². The van der Waals surface area contributed by atoms with E-state index >= 15 is 0 Å². The highest BCUT2D eigenvalue weighted by Crippen LogP contribution is 2.29. The molecule has 1 unspecified atom stereocenters. The van der Waals surface area contributed by atoms with Gasteiger partial charge >= 0.3 is 0 Å². The van der Waals surface area contributed by atoms with Crippen molar-refractivity contribution in [2.24, 2.45) is 0 Å². The maximum Gasteiger partial charge on any atom is 0.120 e. The summed E-state index contributed by atoms with van der Waals surface area (Å²) in [5.74, 6) is 1.63. The molecule has 0 spiro atoms. The first-order valence-corrected chi connectivity index (χ1v) is 6.46. The number of halogens is 1. The van der Waals surface area contributed by atoms with Gasteiger partial charge in [-0.05, 0) is 36.1 Å². The maximum atomic E-state index is 9.86. The molecule has 4 heteroatoms. The van der Waals surface area contributed by atoms with Crippen molar-refractivity contribution in [1.82, 2.24) is 0 Å². The highest BCUT2D eigenvalue weighted by molar-refractivity contribution is 7.98. The molecule has 0 aliphatic carbocycles. The Balaban J connectivity index is 2.76. The Hall–Kier alpha value is -0.380. The second kappa shape index (κ2) is 6.26. The Kier molecular flexibility index (Phi) is 5.29. The Bertz CT molecular complexity index is 317. The monoisotopic (exact) mass is 246 g/mol. The number of benzene rings is 1. The SMILES string of the molecule is COc1ccc(C(O)CCSC)c(Cl)c1. The third-order valence-electron chi connectivity index (χ3n) is 2.16. The van der Waals surface area contributed by atoms with Gasteiger partial charge in [0.2, 0.25) is 0 Å². The molecule has 15 heavy (non-hydrogen) atoms. The summed E-state index contributed by atoms with van der Waals surface area (Å²) in [7, 11) is 1.59. The molecule has 0 heterocycles. The van der Waals surface area contributed by atoms with Gasteiger partial charge in [0, 0.05) is 0 Å². The predicted octanol–water partition coefficient (Wildman–Crippen LogP) is 3.14. The second-order valence-electron chi connectivity index (χ2n) is 3.18. The number of ether oxygens (including phenoxy) is 1. The van der Waals surface area contributed by atoms with Gasteiger partial charge in [0.25, 0.3) is 0 Å². The van der Waals surface area contributed by atoms with E-state index in [0.717, 1.165) is 11.3 Å². The van der Waals surface area contributed by atoms with Gasteiger partial charge in [0.05, 0.1) is 18.2 Å². The van der Waals surface area contributed by atoms with Crippen LogP contribution in [0.1, 0.15) is 18.1 Å².